The van der Waals surface area contributed by atoms with E-state index in [2.05, 4.69) is 10.6 Å². The first-order valence-electron chi connectivity index (χ1n) is 10.9. The van der Waals surface area contributed by atoms with Crippen LogP contribution in [0.1, 0.15) is 33.8 Å². The number of nitrogens with one attached hydrogen (secondary N) is 2. The fraction of sp³-hybridized carbons (Fsp3) is 0.192. The van der Waals surface area contributed by atoms with Crippen molar-refractivity contribution in [3.63, 3.8) is 0 Å². The number of aliphatic hydroxyl groups excluding tert-OH is 1. The second-order valence-corrected chi connectivity index (χ2v) is 8.02. The van der Waals surface area contributed by atoms with Gasteiger partial charge in [-0.15, -0.1) is 0 Å². The summed E-state index contributed by atoms with van der Waals surface area (Å²) in [4.78, 5) is 35.8. The number of amides is 2. The van der Waals surface area contributed by atoms with Crippen molar-refractivity contribution in [3.05, 3.63) is 89.2 Å². The van der Waals surface area contributed by atoms with Gasteiger partial charge in [0.15, 0.2) is 0 Å². The minimum atomic E-state index is -1.32. The topological polar surface area (TPSA) is 125 Å². The number of rotatable bonds is 8. The fourth-order valence-electron chi connectivity index (χ4n) is 4.13. The summed E-state index contributed by atoms with van der Waals surface area (Å²) >= 11 is 0. The third-order valence-corrected chi connectivity index (χ3v) is 5.83. The zero-order valence-corrected chi connectivity index (χ0v) is 18.5. The van der Waals surface area contributed by atoms with E-state index >= 15 is 0 Å². The minimum absolute atomic E-state index is 0.0589. The van der Waals surface area contributed by atoms with E-state index in [-0.39, 0.29) is 30.2 Å². The first-order valence-corrected chi connectivity index (χ1v) is 10.9. The Hall–Kier alpha value is -4.24. The lowest BCUT2D eigenvalue weighted by molar-refractivity contribution is -0.139. The van der Waals surface area contributed by atoms with Gasteiger partial charge in [-0.05, 0) is 40.5 Å². The molecule has 180 valence electrons. The van der Waals surface area contributed by atoms with Gasteiger partial charge in [0.05, 0.1) is 5.69 Å². The number of hydrogen-bond donors (Lipinski definition) is 4. The molecular formula is C26H23FN2O6. The third-order valence-electron chi connectivity index (χ3n) is 5.83. The van der Waals surface area contributed by atoms with Gasteiger partial charge in [-0.3, -0.25) is 10.1 Å². The molecule has 4 rings (SSSR count). The minimum Gasteiger partial charge on any atom is -0.480 e. The quantitative estimate of drug-likeness (QED) is 0.391. The molecule has 1 atom stereocenters. The van der Waals surface area contributed by atoms with Gasteiger partial charge in [-0.1, -0.05) is 48.5 Å². The summed E-state index contributed by atoms with van der Waals surface area (Å²) in [6.07, 6.45) is -1.04. The summed E-state index contributed by atoms with van der Waals surface area (Å²) in [5, 5.41) is 22.5. The third kappa shape index (κ3) is 5.15. The molecule has 2 amide bonds. The second-order valence-electron chi connectivity index (χ2n) is 8.02. The maximum atomic E-state index is 14.5. The maximum absolute atomic E-state index is 14.5. The molecule has 4 N–H and O–H groups in total. The summed E-state index contributed by atoms with van der Waals surface area (Å²) < 4.78 is 19.9. The molecule has 0 aliphatic heterocycles. The number of aliphatic carboxylic acids is 1. The molecule has 35 heavy (non-hydrogen) atoms. The van der Waals surface area contributed by atoms with Crippen molar-refractivity contribution < 1.29 is 33.7 Å². The lowest BCUT2D eigenvalue weighted by Gasteiger charge is -2.15. The first-order chi connectivity index (χ1) is 16.9. The zero-order chi connectivity index (χ0) is 24.9. The summed E-state index contributed by atoms with van der Waals surface area (Å²) in [6, 6.07) is 17.8. The molecule has 0 fully saturated rings. The Kier molecular flexibility index (Phi) is 7.07. The second kappa shape index (κ2) is 10.4. The number of aliphatic hydroxyl groups is 1. The monoisotopic (exact) mass is 478 g/mol. The van der Waals surface area contributed by atoms with Crippen molar-refractivity contribution >= 4 is 23.7 Å². The largest absolute Gasteiger partial charge is 0.480 e. The number of carboxylic acids is 1. The van der Waals surface area contributed by atoms with E-state index in [1.807, 2.05) is 48.5 Å². The molecule has 1 aliphatic rings. The standard InChI is InChI=1S/C26H23FN2O6/c27-21-13-15(24(31)28-23(11-12-30)25(32)33)9-10-22(21)29-26(34)35-14-20-18-7-3-1-5-16(18)17-6-2-4-8-19(17)20/h1-10,13,20,23,30H,11-12,14H2,(H,28,31)(H,29,34)(H,32,33). The molecule has 0 radical (unpaired) electrons. The summed E-state index contributed by atoms with van der Waals surface area (Å²) in [5.41, 5.74) is 3.93. The Morgan fingerprint density at radius 3 is 2.17 bits per heavy atom. The fourth-order valence-corrected chi connectivity index (χ4v) is 4.13. The summed E-state index contributed by atoms with van der Waals surface area (Å²) in [7, 11) is 0. The smallest absolute Gasteiger partial charge is 0.411 e. The molecule has 9 heteroatoms. The van der Waals surface area contributed by atoms with Crippen LogP contribution in [0.25, 0.3) is 11.1 Å². The van der Waals surface area contributed by atoms with Crippen molar-refractivity contribution in [2.24, 2.45) is 0 Å². The highest BCUT2D eigenvalue weighted by molar-refractivity contribution is 5.97. The highest BCUT2D eigenvalue weighted by Crippen LogP contribution is 2.44. The van der Waals surface area contributed by atoms with Crippen molar-refractivity contribution in [3.8, 4) is 11.1 Å². The van der Waals surface area contributed by atoms with Crippen LogP contribution in [-0.4, -0.2) is 47.4 Å². The van der Waals surface area contributed by atoms with E-state index in [1.54, 1.807) is 0 Å². The van der Waals surface area contributed by atoms with Crippen LogP contribution in [0.3, 0.4) is 0 Å². The zero-order valence-electron chi connectivity index (χ0n) is 18.5. The predicted octanol–water partition coefficient (Wildman–Crippen LogP) is 3.75. The number of carbonyl (C=O) groups is 3. The normalized spacial score (nSPS) is 12.9. The average Bonchev–Trinajstić information content (AvgIpc) is 3.17. The number of fused-ring (bicyclic) bond motifs is 3. The molecule has 0 heterocycles. The molecular weight excluding hydrogens is 455 g/mol. The highest BCUT2D eigenvalue weighted by Gasteiger charge is 2.29. The molecule has 0 saturated carbocycles. The highest BCUT2D eigenvalue weighted by atomic mass is 19.1. The van der Waals surface area contributed by atoms with Crippen LogP contribution < -0.4 is 10.6 Å². The van der Waals surface area contributed by atoms with Crippen LogP contribution in [0.4, 0.5) is 14.9 Å². The molecule has 3 aromatic rings. The Morgan fingerprint density at radius 1 is 0.971 bits per heavy atom. The number of carboxylic acid groups (broad SMARTS) is 1. The van der Waals surface area contributed by atoms with Crippen LogP contribution in [0, 0.1) is 5.82 Å². The number of benzene rings is 3. The SMILES string of the molecule is O=C(Nc1ccc(C(=O)NC(CCO)C(=O)O)cc1F)OCC1c2ccccc2-c2ccccc21. The number of anilines is 1. The Morgan fingerprint density at radius 2 is 1.60 bits per heavy atom. The van der Waals surface area contributed by atoms with E-state index < -0.39 is 36.4 Å². The Balaban J connectivity index is 1.39. The van der Waals surface area contributed by atoms with Gasteiger partial charge in [-0.2, -0.15) is 0 Å². The van der Waals surface area contributed by atoms with E-state index in [9.17, 15) is 18.8 Å². The van der Waals surface area contributed by atoms with Crippen molar-refractivity contribution in [1.29, 1.82) is 0 Å². The van der Waals surface area contributed by atoms with Gasteiger partial charge < -0.3 is 20.3 Å². The molecule has 0 bridgehead atoms. The molecule has 1 unspecified atom stereocenters. The number of halogens is 1. The molecule has 3 aromatic carbocycles. The van der Waals surface area contributed by atoms with Crippen LogP contribution in [-0.2, 0) is 9.53 Å². The molecule has 0 spiro atoms. The van der Waals surface area contributed by atoms with Crippen LogP contribution in [0.2, 0.25) is 0 Å². The Bertz CT molecular complexity index is 1230. The van der Waals surface area contributed by atoms with E-state index in [0.29, 0.717) is 0 Å². The van der Waals surface area contributed by atoms with Gasteiger partial charge in [-0.25, -0.2) is 14.0 Å². The van der Waals surface area contributed by atoms with Crippen LogP contribution in [0.15, 0.2) is 66.7 Å². The van der Waals surface area contributed by atoms with Gasteiger partial charge in [0.2, 0.25) is 0 Å². The first kappa shape index (κ1) is 23.9. The maximum Gasteiger partial charge on any atom is 0.411 e. The van der Waals surface area contributed by atoms with Crippen LogP contribution in [0.5, 0.6) is 0 Å². The molecule has 1 aliphatic carbocycles. The van der Waals surface area contributed by atoms with E-state index in [0.717, 1.165) is 28.3 Å². The van der Waals surface area contributed by atoms with Gasteiger partial charge in [0.25, 0.3) is 5.91 Å². The number of ether oxygens (including phenoxy) is 1. The molecule has 0 saturated heterocycles. The van der Waals surface area contributed by atoms with Gasteiger partial charge in [0, 0.05) is 24.5 Å². The van der Waals surface area contributed by atoms with Gasteiger partial charge >= 0.3 is 12.1 Å². The lowest BCUT2D eigenvalue weighted by atomic mass is 9.98. The lowest BCUT2D eigenvalue weighted by Crippen LogP contribution is -2.41. The van der Waals surface area contributed by atoms with Crippen molar-refractivity contribution in [1.82, 2.24) is 5.32 Å². The molecule has 8 nitrogen and oxygen atoms in total. The number of carbonyl (C=O) groups excluding carboxylic acids is 2. The number of hydrogen-bond acceptors (Lipinski definition) is 5. The van der Waals surface area contributed by atoms with Gasteiger partial charge in [0.1, 0.15) is 18.5 Å². The van der Waals surface area contributed by atoms with Crippen molar-refractivity contribution in [2.45, 2.75) is 18.4 Å². The molecule has 0 aromatic heterocycles. The predicted molar refractivity (Wildman–Crippen MR) is 126 cm³/mol. The summed E-state index contributed by atoms with van der Waals surface area (Å²) in [6.45, 7) is -0.377. The van der Waals surface area contributed by atoms with Crippen molar-refractivity contribution in [2.75, 3.05) is 18.5 Å². The summed E-state index contributed by atoms with van der Waals surface area (Å²) in [5.74, 6) is -3.18. The van der Waals surface area contributed by atoms with E-state index in [1.165, 1.54) is 12.1 Å². The van der Waals surface area contributed by atoms with E-state index in [4.69, 9.17) is 14.9 Å². The average molecular weight is 478 g/mol. The Labute approximate surface area is 200 Å². The van der Waals surface area contributed by atoms with Crippen LogP contribution >= 0.6 is 0 Å².